The predicted octanol–water partition coefficient (Wildman–Crippen LogP) is 3.08. The zero-order chi connectivity index (χ0) is 20.3. The Hall–Kier alpha value is -1.14. The molecule has 0 bridgehead atoms. The van der Waals surface area contributed by atoms with Crippen molar-refractivity contribution >= 4 is 11.9 Å². The van der Waals surface area contributed by atoms with Crippen LogP contribution in [-0.2, 0) is 19.1 Å². The normalized spacial score (nSPS) is 15.2. The largest absolute Gasteiger partial charge is 0.463 e. The molecule has 2 N–H and O–H groups in total. The summed E-state index contributed by atoms with van der Waals surface area (Å²) in [7, 11) is 0. The molecule has 0 aromatic rings. The molecular formula is C20H38O6. The van der Waals surface area contributed by atoms with Crippen LogP contribution >= 0.6 is 0 Å². The van der Waals surface area contributed by atoms with Crippen LogP contribution in [0.25, 0.3) is 0 Å². The third-order valence-electron chi connectivity index (χ3n) is 4.78. The monoisotopic (exact) mass is 374 g/mol. The fourth-order valence-electron chi connectivity index (χ4n) is 2.84. The highest BCUT2D eigenvalue weighted by molar-refractivity contribution is 5.72. The quantitative estimate of drug-likeness (QED) is 0.481. The van der Waals surface area contributed by atoms with Crippen molar-refractivity contribution < 1.29 is 29.3 Å². The van der Waals surface area contributed by atoms with Crippen molar-refractivity contribution in [3.05, 3.63) is 0 Å². The first-order valence-corrected chi connectivity index (χ1v) is 9.94. The zero-order valence-corrected chi connectivity index (χ0v) is 17.2. The van der Waals surface area contributed by atoms with Gasteiger partial charge in [0.25, 0.3) is 0 Å². The summed E-state index contributed by atoms with van der Waals surface area (Å²) in [6.07, 6.45) is -0.356. The molecule has 0 aliphatic carbocycles. The van der Waals surface area contributed by atoms with Crippen LogP contribution in [0.1, 0.15) is 73.6 Å². The van der Waals surface area contributed by atoms with E-state index in [-0.39, 0.29) is 36.3 Å². The summed E-state index contributed by atoms with van der Waals surface area (Å²) < 4.78 is 10.6. The Bertz CT molecular complexity index is 401. The molecule has 0 radical (unpaired) electrons. The summed E-state index contributed by atoms with van der Waals surface area (Å²) in [6.45, 7) is 11.2. The molecule has 0 aromatic heterocycles. The fraction of sp³-hybridized carbons (Fsp3) is 0.900. The number of carbonyl (C=O) groups is 2. The van der Waals surface area contributed by atoms with Crippen molar-refractivity contribution in [2.24, 2.45) is 17.8 Å². The first kappa shape index (κ1) is 24.9. The van der Waals surface area contributed by atoms with Crippen LogP contribution < -0.4 is 0 Å². The van der Waals surface area contributed by atoms with E-state index in [4.69, 9.17) is 9.47 Å². The summed E-state index contributed by atoms with van der Waals surface area (Å²) >= 11 is 0. The van der Waals surface area contributed by atoms with Gasteiger partial charge in [-0.25, -0.2) is 0 Å². The number of esters is 2. The van der Waals surface area contributed by atoms with Crippen molar-refractivity contribution in [3.63, 3.8) is 0 Å². The molecule has 154 valence electrons. The van der Waals surface area contributed by atoms with E-state index < -0.39 is 18.3 Å². The minimum atomic E-state index is -1.30. The van der Waals surface area contributed by atoms with E-state index >= 15 is 0 Å². The Balaban J connectivity index is 4.86. The van der Waals surface area contributed by atoms with Gasteiger partial charge in [-0.05, 0) is 38.0 Å². The number of aliphatic hydroxyl groups excluding tert-OH is 2. The van der Waals surface area contributed by atoms with Crippen molar-refractivity contribution in [2.75, 3.05) is 6.61 Å². The second kappa shape index (κ2) is 13.1. The summed E-state index contributed by atoms with van der Waals surface area (Å²) in [5.74, 6) is -1.000. The van der Waals surface area contributed by atoms with Crippen LogP contribution in [-0.4, -0.2) is 47.1 Å². The second-order valence-corrected chi connectivity index (χ2v) is 7.32. The minimum absolute atomic E-state index is 0.170. The van der Waals surface area contributed by atoms with Crippen LogP contribution in [0.15, 0.2) is 0 Å². The van der Waals surface area contributed by atoms with Crippen LogP contribution in [0.4, 0.5) is 0 Å². The molecule has 0 aromatic carbocycles. The van der Waals surface area contributed by atoms with Gasteiger partial charge in [-0.1, -0.05) is 41.5 Å². The van der Waals surface area contributed by atoms with Gasteiger partial charge in [-0.2, -0.15) is 0 Å². The molecule has 6 nitrogen and oxygen atoms in total. The number of hydrogen-bond donors (Lipinski definition) is 2. The van der Waals surface area contributed by atoms with Crippen LogP contribution in [0.3, 0.4) is 0 Å². The van der Waals surface area contributed by atoms with E-state index in [0.717, 1.165) is 0 Å². The summed E-state index contributed by atoms with van der Waals surface area (Å²) in [6, 6.07) is 0. The summed E-state index contributed by atoms with van der Waals surface area (Å²) in [4.78, 5) is 24.2. The standard InChI is InChI=1S/C20H38O6/c1-7-14(8-2)19(23)25-12-16(21)18(22)17(11-13(5)6)26-20(24)15(9-3)10-4/h13-18,21-22H,7-12H2,1-6H3. The third-order valence-corrected chi connectivity index (χ3v) is 4.78. The van der Waals surface area contributed by atoms with Gasteiger partial charge in [0.1, 0.15) is 24.9 Å². The lowest BCUT2D eigenvalue weighted by atomic mass is 9.97. The summed E-state index contributed by atoms with van der Waals surface area (Å²) in [5, 5.41) is 20.7. The predicted molar refractivity (Wildman–Crippen MR) is 100 cm³/mol. The van der Waals surface area contributed by atoms with E-state index in [0.29, 0.717) is 32.1 Å². The van der Waals surface area contributed by atoms with Gasteiger partial charge in [0.05, 0.1) is 11.8 Å². The number of carbonyl (C=O) groups excluding carboxylic acids is 2. The fourth-order valence-corrected chi connectivity index (χ4v) is 2.84. The van der Waals surface area contributed by atoms with Gasteiger partial charge in [-0.15, -0.1) is 0 Å². The highest BCUT2D eigenvalue weighted by atomic mass is 16.6. The van der Waals surface area contributed by atoms with E-state index in [1.54, 1.807) is 0 Å². The maximum absolute atomic E-state index is 12.3. The lowest BCUT2D eigenvalue weighted by Gasteiger charge is -2.29. The van der Waals surface area contributed by atoms with Crippen molar-refractivity contribution in [2.45, 2.75) is 92.0 Å². The van der Waals surface area contributed by atoms with Gasteiger partial charge < -0.3 is 19.7 Å². The van der Waals surface area contributed by atoms with Gasteiger partial charge in [0, 0.05) is 0 Å². The summed E-state index contributed by atoms with van der Waals surface area (Å²) in [5.41, 5.74) is 0. The Morgan fingerprint density at radius 2 is 1.31 bits per heavy atom. The Kier molecular flexibility index (Phi) is 12.5. The Labute approximate surface area is 158 Å². The molecular weight excluding hydrogens is 336 g/mol. The number of hydrogen-bond acceptors (Lipinski definition) is 6. The lowest BCUT2D eigenvalue weighted by Crippen LogP contribution is -2.44. The average molecular weight is 375 g/mol. The van der Waals surface area contributed by atoms with E-state index in [1.165, 1.54) is 0 Å². The molecule has 0 fully saturated rings. The number of rotatable bonds is 13. The molecule has 0 rings (SSSR count). The van der Waals surface area contributed by atoms with E-state index in [9.17, 15) is 19.8 Å². The molecule has 0 aliphatic rings. The molecule has 0 amide bonds. The smallest absolute Gasteiger partial charge is 0.309 e. The Morgan fingerprint density at radius 1 is 0.846 bits per heavy atom. The topological polar surface area (TPSA) is 93.1 Å². The first-order chi connectivity index (χ1) is 12.2. The highest BCUT2D eigenvalue weighted by Crippen LogP contribution is 2.19. The molecule has 0 spiro atoms. The van der Waals surface area contributed by atoms with Gasteiger partial charge in [-0.3, -0.25) is 9.59 Å². The average Bonchev–Trinajstić information content (AvgIpc) is 2.60. The van der Waals surface area contributed by atoms with E-state index in [2.05, 4.69) is 0 Å². The molecule has 0 saturated heterocycles. The maximum atomic E-state index is 12.3. The first-order valence-electron chi connectivity index (χ1n) is 9.94. The number of aliphatic hydroxyl groups is 2. The molecule has 6 heteroatoms. The van der Waals surface area contributed by atoms with Crippen molar-refractivity contribution in [1.82, 2.24) is 0 Å². The van der Waals surface area contributed by atoms with Gasteiger partial charge in [0.15, 0.2) is 0 Å². The molecule has 0 heterocycles. The lowest BCUT2D eigenvalue weighted by molar-refractivity contribution is -0.172. The molecule has 26 heavy (non-hydrogen) atoms. The molecule has 0 aliphatic heterocycles. The highest BCUT2D eigenvalue weighted by Gasteiger charge is 2.32. The van der Waals surface area contributed by atoms with Crippen molar-refractivity contribution in [3.8, 4) is 0 Å². The van der Waals surface area contributed by atoms with Gasteiger partial charge >= 0.3 is 11.9 Å². The molecule has 3 unspecified atom stereocenters. The zero-order valence-electron chi connectivity index (χ0n) is 17.2. The van der Waals surface area contributed by atoms with Gasteiger partial charge in [0.2, 0.25) is 0 Å². The maximum Gasteiger partial charge on any atom is 0.309 e. The molecule has 0 saturated carbocycles. The SMILES string of the molecule is CCC(CC)C(=O)OCC(O)C(O)C(CC(C)C)OC(=O)C(CC)CC. The van der Waals surface area contributed by atoms with Crippen LogP contribution in [0, 0.1) is 17.8 Å². The second-order valence-electron chi connectivity index (χ2n) is 7.32. The minimum Gasteiger partial charge on any atom is -0.463 e. The van der Waals surface area contributed by atoms with Crippen LogP contribution in [0.5, 0.6) is 0 Å². The van der Waals surface area contributed by atoms with Crippen LogP contribution in [0.2, 0.25) is 0 Å². The molecule has 3 atom stereocenters. The Morgan fingerprint density at radius 3 is 1.73 bits per heavy atom. The number of ether oxygens (including phenoxy) is 2. The van der Waals surface area contributed by atoms with Crippen molar-refractivity contribution in [1.29, 1.82) is 0 Å². The third kappa shape index (κ3) is 8.49. The van der Waals surface area contributed by atoms with E-state index in [1.807, 2.05) is 41.5 Å².